The van der Waals surface area contributed by atoms with Gasteiger partial charge < -0.3 is 10.1 Å². The summed E-state index contributed by atoms with van der Waals surface area (Å²) in [4.78, 5) is 11.9. The highest BCUT2D eigenvalue weighted by Crippen LogP contribution is 2.20. The van der Waals surface area contributed by atoms with Gasteiger partial charge in [-0.05, 0) is 47.3 Å². The van der Waals surface area contributed by atoms with E-state index in [1.165, 1.54) is 32.1 Å². The van der Waals surface area contributed by atoms with Gasteiger partial charge >= 0.3 is 0 Å². The molecule has 1 aromatic carbocycles. The van der Waals surface area contributed by atoms with Gasteiger partial charge in [0.2, 0.25) is 0 Å². The zero-order chi connectivity index (χ0) is 14.2. The second kappa shape index (κ2) is 8.42. The highest BCUT2D eigenvalue weighted by atomic mass is 79.9. The molecule has 4 heteroatoms. The van der Waals surface area contributed by atoms with Crippen LogP contribution in [-0.2, 0) is 4.74 Å². The summed E-state index contributed by atoms with van der Waals surface area (Å²) in [5.41, 5.74) is 0.681. The van der Waals surface area contributed by atoms with Crippen molar-refractivity contribution in [2.45, 2.75) is 44.6 Å². The lowest BCUT2D eigenvalue weighted by Crippen LogP contribution is -2.26. The number of amides is 1. The molecular weight excluding hydrogens is 318 g/mol. The maximum Gasteiger partial charge on any atom is 0.252 e. The van der Waals surface area contributed by atoms with E-state index in [0.29, 0.717) is 18.2 Å². The molecule has 1 amide bonds. The van der Waals surface area contributed by atoms with Crippen molar-refractivity contribution >= 4 is 21.8 Å². The van der Waals surface area contributed by atoms with E-state index in [0.717, 1.165) is 17.5 Å². The molecule has 0 saturated heterocycles. The van der Waals surface area contributed by atoms with Gasteiger partial charge in [-0.2, -0.15) is 0 Å². The van der Waals surface area contributed by atoms with E-state index in [1.807, 2.05) is 24.3 Å². The van der Waals surface area contributed by atoms with Crippen LogP contribution in [0, 0.1) is 0 Å². The van der Waals surface area contributed by atoms with Gasteiger partial charge in [-0.15, -0.1) is 0 Å². The van der Waals surface area contributed by atoms with E-state index in [-0.39, 0.29) is 5.91 Å². The van der Waals surface area contributed by atoms with Gasteiger partial charge in [0.1, 0.15) is 0 Å². The number of halogens is 1. The minimum absolute atomic E-state index is 0.0323. The summed E-state index contributed by atoms with van der Waals surface area (Å²) < 4.78 is 6.66. The van der Waals surface area contributed by atoms with E-state index in [4.69, 9.17) is 4.74 Å². The molecule has 0 spiro atoms. The number of benzene rings is 1. The third-order valence-electron chi connectivity index (χ3n) is 3.63. The number of nitrogens with one attached hydrogen (secondary N) is 1. The number of carbonyl (C=O) groups is 1. The molecule has 20 heavy (non-hydrogen) atoms. The van der Waals surface area contributed by atoms with E-state index in [2.05, 4.69) is 21.2 Å². The molecule has 1 fully saturated rings. The van der Waals surface area contributed by atoms with E-state index < -0.39 is 0 Å². The Balaban J connectivity index is 1.61. The Morgan fingerprint density at radius 3 is 2.75 bits per heavy atom. The number of carbonyl (C=O) groups excluding carboxylic acids is 1. The first-order valence-electron chi connectivity index (χ1n) is 7.41. The normalized spacial score (nSPS) is 16.1. The highest BCUT2D eigenvalue weighted by Gasteiger charge is 2.13. The first-order valence-corrected chi connectivity index (χ1v) is 8.21. The lowest BCUT2D eigenvalue weighted by Gasteiger charge is -2.21. The molecule has 0 bridgehead atoms. The molecule has 0 atom stereocenters. The summed E-state index contributed by atoms with van der Waals surface area (Å²) in [7, 11) is 0. The maximum absolute atomic E-state index is 11.9. The Morgan fingerprint density at radius 1 is 1.25 bits per heavy atom. The highest BCUT2D eigenvalue weighted by molar-refractivity contribution is 9.10. The molecule has 0 heterocycles. The standard InChI is InChI=1S/C16H22BrNO2/c17-15-10-5-4-9-14(15)16(19)18-11-6-12-20-13-7-2-1-3-8-13/h4-5,9-10,13H,1-3,6-8,11-12H2,(H,18,19). The topological polar surface area (TPSA) is 38.3 Å². The molecule has 2 rings (SSSR count). The fourth-order valence-corrected chi connectivity index (χ4v) is 2.96. The lowest BCUT2D eigenvalue weighted by molar-refractivity contribution is 0.0273. The third-order valence-corrected chi connectivity index (χ3v) is 4.32. The Hall–Kier alpha value is -0.870. The van der Waals surface area contributed by atoms with Crippen molar-refractivity contribution in [3.8, 4) is 0 Å². The van der Waals surface area contributed by atoms with Crippen molar-refractivity contribution in [3.05, 3.63) is 34.3 Å². The van der Waals surface area contributed by atoms with Crippen LogP contribution in [0.15, 0.2) is 28.7 Å². The molecule has 1 aromatic rings. The summed E-state index contributed by atoms with van der Waals surface area (Å²) in [6.45, 7) is 1.40. The van der Waals surface area contributed by atoms with Crippen molar-refractivity contribution in [2.24, 2.45) is 0 Å². The molecule has 0 unspecified atom stereocenters. The van der Waals surface area contributed by atoms with Crippen LogP contribution < -0.4 is 5.32 Å². The molecule has 3 nitrogen and oxygen atoms in total. The number of hydrogen-bond donors (Lipinski definition) is 1. The maximum atomic E-state index is 11.9. The predicted octanol–water partition coefficient (Wildman–Crippen LogP) is 3.92. The minimum atomic E-state index is -0.0323. The van der Waals surface area contributed by atoms with Gasteiger partial charge in [0.15, 0.2) is 0 Å². The summed E-state index contributed by atoms with van der Waals surface area (Å²) in [6, 6.07) is 7.46. The Labute approximate surface area is 129 Å². The summed E-state index contributed by atoms with van der Waals surface area (Å²) in [5.74, 6) is -0.0323. The van der Waals surface area contributed by atoms with Crippen molar-refractivity contribution in [1.29, 1.82) is 0 Å². The van der Waals surface area contributed by atoms with Crippen molar-refractivity contribution in [3.63, 3.8) is 0 Å². The third kappa shape index (κ3) is 4.91. The first-order chi connectivity index (χ1) is 9.77. The fraction of sp³-hybridized carbons (Fsp3) is 0.562. The molecule has 1 aliphatic carbocycles. The van der Waals surface area contributed by atoms with Gasteiger partial charge in [-0.1, -0.05) is 31.4 Å². The second-order valence-corrected chi connectivity index (χ2v) is 6.07. The molecule has 1 N–H and O–H groups in total. The predicted molar refractivity (Wildman–Crippen MR) is 83.9 cm³/mol. The largest absolute Gasteiger partial charge is 0.378 e. The quantitative estimate of drug-likeness (QED) is 0.797. The lowest BCUT2D eigenvalue weighted by atomic mass is 9.98. The molecular formula is C16H22BrNO2. The second-order valence-electron chi connectivity index (χ2n) is 5.22. The Bertz CT molecular complexity index is 430. The summed E-state index contributed by atoms with van der Waals surface area (Å²) in [6.07, 6.45) is 7.65. The van der Waals surface area contributed by atoms with Crippen molar-refractivity contribution < 1.29 is 9.53 Å². The van der Waals surface area contributed by atoms with Gasteiger partial charge in [0.25, 0.3) is 5.91 Å². The van der Waals surface area contributed by atoms with Crippen LogP contribution in [-0.4, -0.2) is 25.2 Å². The summed E-state index contributed by atoms with van der Waals surface area (Å²) >= 11 is 3.39. The van der Waals surface area contributed by atoms with E-state index >= 15 is 0 Å². The van der Waals surface area contributed by atoms with Gasteiger partial charge in [-0.25, -0.2) is 0 Å². The zero-order valence-electron chi connectivity index (χ0n) is 11.7. The van der Waals surface area contributed by atoms with Crippen molar-refractivity contribution in [1.82, 2.24) is 5.32 Å². The fourth-order valence-electron chi connectivity index (χ4n) is 2.50. The van der Waals surface area contributed by atoms with E-state index in [1.54, 1.807) is 0 Å². The smallest absolute Gasteiger partial charge is 0.252 e. The summed E-state index contributed by atoms with van der Waals surface area (Å²) in [5, 5.41) is 2.93. The number of rotatable bonds is 6. The molecule has 0 radical (unpaired) electrons. The van der Waals surface area contributed by atoms with Crippen LogP contribution >= 0.6 is 15.9 Å². The van der Waals surface area contributed by atoms with Gasteiger partial charge in [0.05, 0.1) is 11.7 Å². The van der Waals surface area contributed by atoms with Crippen LogP contribution in [0.1, 0.15) is 48.9 Å². The Morgan fingerprint density at radius 2 is 2.00 bits per heavy atom. The average molecular weight is 340 g/mol. The average Bonchev–Trinajstić information content (AvgIpc) is 2.48. The zero-order valence-corrected chi connectivity index (χ0v) is 13.3. The minimum Gasteiger partial charge on any atom is -0.378 e. The molecule has 110 valence electrons. The molecule has 1 aliphatic rings. The molecule has 1 saturated carbocycles. The number of ether oxygens (including phenoxy) is 1. The van der Waals surface area contributed by atoms with Crippen LogP contribution in [0.25, 0.3) is 0 Å². The number of hydrogen-bond acceptors (Lipinski definition) is 2. The van der Waals surface area contributed by atoms with E-state index in [9.17, 15) is 4.79 Å². The molecule has 0 aromatic heterocycles. The van der Waals surface area contributed by atoms with Crippen molar-refractivity contribution in [2.75, 3.05) is 13.2 Å². The van der Waals surface area contributed by atoms with Crippen LogP contribution in [0.5, 0.6) is 0 Å². The van der Waals surface area contributed by atoms with Gasteiger partial charge in [0, 0.05) is 17.6 Å². The van der Waals surface area contributed by atoms with Crippen LogP contribution in [0.2, 0.25) is 0 Å². The van der Waals surface area contributed by atoms with Gasteiger partial charge in [-0.3, -0.25) is 4.79 Å². The molecule has 0 aliphatic heterocycles. The SMILES string of the molecule is O=C(NCCCOC1CCCCC1)c1ccccc1Br. The Kier molecular flexibility index (Phi) is 6.54. The van der Waals surface area contributed by atoms with Crippen LogP contribution in [0.4, 0.5) is 0 Å². The first kappa shape index (κ1) is 15.5. The monoisotopic (exact) mass is 339 g/mol. The van der Waals surface area contributed by atoms with Crippen LogP contribution in [0.3, 0.4) is 0 Å².